The molecule has 0 atom stereocenters. The lowest BCUT2D eigenvalue weighted by Crippen LogP contribution is -2.52. The van der Waals surface area contributed by atoms with Gasteiger partial charge in [-0.05, 0) is 75.5 Å². The van der Waals surface area contributed by atoms with Crippen molar-refractivity contribution in [2.45, 2.75) is 44.6 Å². The summed E-state index contributed by atoms with van der Waals surface area (Å²) in [6.45, 7) is 7.80. The lowest BCUT2D eigenvalue weighted by molar-refractivity contribution is -0.134. The van der Waals surface area contributed by atoms with Gasteiger partial charge < -0.3 is 14.5 Å². The fourth-order valence-corrected chi connectivity index (χ4v) is 4.74. The van der Waals surface area contributed by atoms with E-state index in [4.69, 9.17) is 4.74 Å². The van der Waals surface area contributed by atoms with Gasteiger partial charge in [0.2, 0.25) is 0 Å². The molecule has 0 saturated carbocycles. The van der Waals surface area contributed by atoms with Crippen molar-refractivity contribution in [3.63, 3.8) is 0 Å². The standard InChI is InChI=1S/C22H33N3O2/c1-23-13-15-25(16-14-23)20-7-10-24(11-8-20)12-9-22(26)27-21-6-5-18-3-2-4-19(18)17-21/h5-6,17,20H,2-4,7-16H2,1H3. The van der Waals surface area contributed by atoms with Crippen molar-refractivity contribution < 1.29 is 9.53 Å². The Morgan fingerprint density at radius 3 is 2.56 bits per heavy atom. The van der Waals surface area contributed by atoms with Crippen LogP contribution in [0.2, 0.25) is 0 Å². The summed E-state index contributed by atoms with van der Waals surface area (Å²) < 4.78 is 5.58. The predicted molar refractivity (Wildman–Crippen MR) is 107 cm³/mol. The number of hydrogen-bond donors (Lipinski definition) is 0. The largest absolute Gasteiger partial charge is 0.426 e. The average Bonchev–Trinajstić information content (AvgIpc) is 3.15. The Balaban J connectivity index is 1.17. The molecule has 1 aliphatic carbocycles. The number of likely N-dealkylation sites (N-methyl/N-ethyl adjacent to an activating group) is 1. The van der Waals surface area contributed by atoms with E-state index in [1.807, 2.05) is 6.07 Å². The van der Waals surface area contributed by atoms with E-state index < -0.39 is 0 Å². The second kappa shape index (κ2) is 8.72. The lowest BCUT2D eigenvalue weighted by Gasteiger charge is -2.42. The molecule has 27 heavy (non-hydrogen) atoms. The van der Waals surface area contributed by atoms with Gasteiger partial charge in [0.1, 0.15) is 5.75 Å². The zero-order chi connectivity index (χ0) is 18.6. The first kappa shape index (κ1) is 18.9. The first-order chi connectivity index (χ1) is 13.2. The monoisotopic (exact) mass is 371 g/mol. The fraction of sp³-hybridized carbons (Fsp3) is 0.682. The Bertz CT molecular complexity index is 647. The second-order valence-corrected chi connectivity index (χ2v) is 8.42. The number of aryl methyl sites for hydroxylation is 2. The summed E-state index contributed by atoms with van der Waals surface area (Å²) in [4.78, 5) is 19.7. The summed E-state index contributed by atoms with van der Waals surface area (Å²) in [7, 11) is 2.21. The summed E-state index contributed by atoms with van der Waals surface area (Å²) in [5.41, 5.74) is 2.77. The van der Waals surface area contributed by atoms with Crippen molar-refractivity contribution in [3.05, 3.63) is 29.3 Å². The molecule has 1 aromatic rings. The van der Waals surface area contributed by atoms with E-state index in [1.54, 1.807) is 0 Å². The molecule has 2 saturated heterocycles. The first-order valence-corrected chi connectivity index (χ1v) is 10.6. The topological polar surface area (TPSA) is 36.0 Å². The van der Waals surface area contributed by atoms with Crippen molar-refractivity contribution in [1.82, 2.24) is 14.7 Å². The van der Waals surface area contributed by atoms with E-state index in [1.165, 1.54) is 56.6 Å². The maximum Gasteiger partial charge on any atom is 0.312 e. The van der Waals surface area contributed by atoms with Crippen molar-refractivity contribution >= 4 is 5.97 Å². The smallest absolute Gasteiger partial charge is 0.312 e. The quantitative estimate of drug-likeness (QED) is 0.586. The van der Waals surface area contributed by atoms with Crippen LogP contribution in [0, 0.1) is 0 Å². The van der Waals surface area contributed by atoms with E-state index in [0.717, 1.165) is 44.3 Å². The van der Waals surface area contributed by atoms with Crippen LogP contribution in [0.4, 0.5) is 0 Å². The van der Waals surface area contributed by atoms with Crippen molar-refractivity contribution in [3.8, 4) is 5.75 Å². The van der Waals surface area contributed by atoms with Crippen LogP contribution in [-0.2, 0) is 17.6 Å². The number of nitrogens with zero attached hydrogens (tertiary/aromatic N) is 3. The Morgan fingerprint density at radius 2 is 1.78 bits per heavy atom. The normalized spacial score (nSPS) is 22.7. The first-order valence-electron chi connectivity index (χ1n) is 10.6. The number of fused-ring (bicyclic) bond motifs is 1. The van der Waals surface area contributed by atoms with Gasteiger partial charge >= 0.3 is 5.97 Å². The number of hydrogen-bond acceptors (Lipinski definition) is 5. The van der Waals surface area contributed by atoms with Gasteiger partial charge in [-0.25, -0.2) is 0 Å². The Kier molecular flexibility index (Phi) is 6.11. The fourth-order valence-electron chi connectivity index (χ4n) is 4.74. The van der Waals surface area contributed by atoms with Crippen LogP contribution in [0.5, 0.6) is 5.75 Å². The minimum atomic E-state index is -0.103. The van der Waals surface area contributed by atoms with Gasteiger partial charge in [0.25, 0.3) is 0 Å². The van der Waals surface area contributed by atoms with E-state index >= 15 is 0 Å². The molecular formula is C22H33N3O2. The number of benzene rings is 1. The van der Waals surface area contributed by atoms with Crippen LogP contribution < -0.4 is 4.74 Å². The van der Waals surface area contributed by atoms with Crippen LogP contribution in [0.1, 0.15) is 36.8 Å². The number of likely N-dealkylation sites (tertiary alicyclic amines) is 1. The zero-order valence-corrected chi connectivity index (χ0v) is 16.7. The Labute approximate surface area is 163 Å². The number of ether oxygens (including phenoxy) is 1. The maximum atomic E-state index is 12.2. The van der Waals surface area contributed by atoms with Crippen LogP contribution in [-0.4, -0.2) is 79.6 Å². The maximum absolute atomic E-state index is 12.2. The molecule has 4 rings (SSSR count). The number of piperazine rings is 1. The second-order valence-electron chi connectivity index (χ2n) is 8.42. The van der Waals surface area contributed by atoms with Gasteiger partial charge in [-0.1, -0.05) is 6.07 Å². The van der Waals surface area contributed by atoms with Gasteiger partial charge in [-0.15, -0.1) is 0 Å². The van der Waals surface area contributed by atoms with E-state index in [-0.39, 0.29) is 5.97 Å². The van der Waals surface area contributed by atoms with Gasteiger partial charge in [0.05, 0.1) is 6.42 Å². The van der Waals surface area contributed by atoms with Gasteiger partial charge in [-0.2, -0.15) is 0 Å². The van der Waals surface area contributed by atoms with Crippen molar-refractivity contribution in [2.75, 3.05) is 52.9 Å². The third-order valence-corrected chi connectivity index (χ3v) is 6.55. The molecule has 0 aromatic heterocycles. The number of esters is 1. The number of carbonyl (C=O) groups is 1. The predicted octanol–water partition coefficient (Wildman–Crippen LogP) is 2.18. The van der Waals surface area contributed by atoms with Crippen LogP contribution in [0.25, 0.3) is 0 Å². The van der Waals surface area contributed by atoms with E-state index in [9.17, 15) is 4.79 Å². The molecule has 3 aliphatic rings. The Hall–Kier alpha value is -1.43. The highest BCUT2D eigenvalue weighted by molar-refractivity contribution is 5.72. The summed E-state index contributed by atoms with van der Waals surface area (Å²) in [5.74, 6) is 0.614. The lowest BCUT2D eigenvalue weighted by atomic mass is 10.0. The van der Waals surface area contributed by atoms with Crippen LogP contribution in [0.3, 0.4) is 0 Å². The third kappa shape index (κ3) is 4.89. The highest BCUT2D eigenvalue weighted by Gasteiger charge is 2.26. The van der Waals surface area contributed by atoms with E-state index in [2.05, 4.69) is 33.9 Å². The molecule has 2 fully saturated rings. The minimum Gasteiger partial charge on any atom is -0.426 e. The molecule has 0 unspecified atom stereocenters. The Morgan fingerprint density at radius 1 is 1.04 bits per heavy atom. The van der Waals surface area contributed by atoms with Gasteiger partial charge in [0.15, 0.2) is 0 Å². The molecular weight excluding hydrogens is 338 g/mol. The molecule has 0 N–H and O–H groups in total. The molecule has 0 bridgehead atoms. The molecule has 0 radical (unpaired) electrons. The summed E-state index contributed by atoms with van der Waals surface area (Å²) in [6, 6.07) is 6.85. The third-order valence-electron chi connectivity index (χ3n) is 6.55. The highest BCUT2D eigenvalue weighted by Crippen LogP contribution is 2.26. The molecule has 1 aromatic carbocycles. The van der Waals surface area contributed by atoms with E-state index in [0.29, 0.717) is 6.42 Å². The molecule has 5 nitrogen and oxygen atoms in total. The summed E-state index contributed by atoms with van der Waals surface area (Å²) in [5, 5.41) is 0. The SMILES string of the molecule is CN1CCN(C2CCN(CCC(=O)Oc3ccc4c(c3)CCC4)CC2)CC1. The van der Waals surface area contributed by atoms with Gasteiger partial charge in [-0.3, -0.25) is 9.69 Å². The number of piperidine rings is 1. The van der Waals surface area contributed by atoms with Gasteiger partial charge in [0, 0.05) is 38.8 Å². The zero-order valence-electron chi connectivity index (χ0n) is 16.7. The number of rotatable bonds is 5. The summed E-state index contributed by atoms with van der Waals surface area (Å²) >= 11 is 0. The molecule has 0 amide bonds. The van der Waals surface area contributed by atoms with Crippen molar-refractivity contribution in [2.24, 2.45) is 0 Å². The average molecular weight is 372 g/mol. The molecule has 2 aliphatic heterocycles. The van der Waals surface area contributed by atoms with Crippen LogP contribution in [0.15, 0.2) is 18.2 Å². The number of carbonyl (C=O) groups excluding carboxylic acids is 1. The molecule has 5 heteroatoms. The molecule has 2 heterocycles. The van der Waals surface area contributed by atoms with Crippen LogP contribution >= 0.6 is 0 Å². The highest BCUT2D eigenvalue weighted by atomic mass is 16.5. The minimum absolute atomic E-state index is 0.103. The van der Waals surface area contributed by atoms with Crippen molar-refractivity contribution in [1.29, 1.82) is 0 Å². The summed E-state index contributed by atoms with van der Waals surface area (Å²) in [6.07, 6.45) is 6.43. The molecule has 148 valence electrons. The molecule has 0 spiro atoms.